The molecule has 0 fully saturated rings. The number of nitrogens with one attached hydrogen (secondary N) is 1. The van der Waals surface area contributed by atoms with E-state index in [1.165, 1.54) is 5.56 Å². The van der Waals surface area contributed by atoms with Gasteiger partial charge in [0.05, 0.1) is 12.2 Å². The zero-order valence-corrected chi connectivity index (χ0v) is 22.0. The van der Waals surface area contributed by atoms with Crippen molar-refractivity contribution in [2.75, 3.05) is 17.7 Å². The number of rotatable bonds is 11. The standard InChI is InChI=1S/C27H33N5O3S/c1-5-7-14-36-27-30-26-29-18(4)23(25(28)33)24(32(26)31-27)19-12-13-21(22(15-19)34-6-2)35-16-20-11-9-8-10-17(20)3/h8-13,15,24H,5-7,14,16H2,1-4H3,(H2,28,33)(H,29,30,31). The lowest BCUT2D eigenvalue weighted by molar-refractivity contribution is -0.115. The van der Waals surface area contributed by atoms with Gasteiger partial charge in [-0.1, -0.05) is 55.4 Å². The van der Waals surface area contributed by atoms with Gasteiger partial charge in [-0.15, -0.1) is 5.10 Å². The van der Waals surface area contributed by atoms with Gasteiger partial charge in [-0.25, -0.2) is 4.68 Å². The van der Waals surface area contributed by atoms with E-state index in [9.17, 15) is 4.79 Å². The van der Waals surface area contributed by atoms with Crippen LogP contribution in [0, 0.1) is 6.92 Å². The summed E-state index contributed by atoms with van der Waals surface area (Å²) < 4.78 is 13.8. The van der Waals surface area contributed by atoms with Crippen LogP contribution >= 0.6 is 11.8 Å². The molecule has 190 valence electrons. The minimum absolute atomic E-state index is 0.427. The molecule has 0 bridgehead atoms. The van der Waals surface area contributed by atoms with E-state index < -0.39 is 11.9 Å². The van der Waals surface area contributed by atoms with Crippen LogP contribution in [-0.4, -0.2) is 33.0 Å². The molecule has 36 heavy (non-hydrogen) atoms. The fourth-order valence-corrected chi connectivity index (χ4v) is 5.05. The van der Waals surface area contributed by atoms with Crippen molar-refractivity contribution >= 4 is 23.6 Å². The predicted octanol–water partition coefficient (Wildman–Crippen LogP) is 5.23. The first-order valence-electron chi connectivity index (χ1n) is 12.2. The summed E-state index contributed by atoms with van der Waals surface area (Å²) in [5, 5.41) is 8.58. The highest BCUT2D eigenvalue weighted by atomic mass is 32.2. The molecule has 4 rings (SSSR count). The van der Waals surface area contributed by atoms with Gasteiger partial charge >= 0.3 is 0 Å². The van der Waals surface area contributed by atoms with E-state index in [2.05, 4.69) is 30.2 Å². The molecule has 1 amide bonds. The molecule has 1 atom stereocenters. The van der Waals surface area contributed by atoms with Crippen molar-refractivity contribution in [3.8, 4) is 11.5 Å². The second-order valence-corrected chi connectivity index (χ2v) is 9.71. The molecule has 0 aliphatic carbocycles. The summed E-state index contributed by atoms with van der Waals surface area (Å²) in [5.74, 6) is 2.24. The molecule has 1 aliphatic heterocycles. The number of aromatic nitrogens is 3. The Kier molecular flexibility index (Phi) is 8.20. The Balaban J connectivity index is 1.69. The monoisotopic (exact) mass is 507 g/mol. The average Bonchev–Trinajstić information content (AvgIpc) is 3.25. The predicted molar refractivity (Wildman–Crippen MR) is 142 cm³/mol. The van der Waals surface area contributed by atoms with Gasteiger partial charge in [0.2, 0.25) is 17.0 Å². The van der Waals surface area contributed by atoms with Gasteiger partial charge in [-0.05, 0) is 56.0 Å². The highest BCUT2D eigenvalue weighted by Gasteiger charge is 2.34. The average molecular weight is 508 g/mol. The number of hydrogen-bond acceptors (Lipinski definition) is 7. The molecule has 2 aromatic carbocycles. The molecule has 0 spiro atoms. The maximum Gasteiger partial charge on any atom is 0.248 e. The van der Waals surface area contributed by atoms with Crippen molar-refractivity contribution in [3.05, 3.63) is 70.4 Å². The number of fused-ring (bicyclic) bond motifs is 1. The molecule has 8 nitrogen and oxygen atoms in total. The second kappa shape index (κ2) is 11.5. The van der Waals surface area contributed by atoms with Gasteiger partial charge in [-0.2, -0.15) is 4.98 Å². The van der Waals surface area contributed by atoms with E-state index in [0.717, 1.165) is 29.7 Å². The number of anilines is 1. The number of carbonyl (C=O) groups is 1. The largest absolute Gasteiger partial charge is 0.490 e. The van der Waals surface area contributed by atoms with Crippen LogP contribution in [0.15, 0.2) is 58.9 Å². The zero-order valence-electron chi connectivity index (χ0n) is 21.2. The molecular formula is C27H33N5O3S. The van der Waals surface area contributed by atoms with Gasteiger partial charge in [0.1, 0.15) is 12.6 Å². The fourth-order valence-electron chi connectivity index (χ4n) is 4.14. The first-order valence-corrected chi connectivity index (χ1v) is 13.2. The summed E-state index contributed by atoms with van der Waals surface area (Å²) >= 11 is 1.60. The number of thioether (sulfide) groups is 1. The highest BCUT2D eigenvalue weighted by molar-refractivity contribution is 7.99. The van der Waals surface area contributed by atoms with Gasteiger partial charge in [-0.3, -0.25) is 4.79 Å². The van der Waals surface area contributed by atoms with Gasteiger partial charge < -0.3 is 20.5 Å². The van der Waals surface area contributed by atoms with Gasteiger partial charge in [0.15, 0.2) is 11.5 Å². The SMILES string of the molecule is CCCCSc1nc2n(n1)C(c1ccc(OCc3ccccc3C)c(OCC)c1)C(C(N)=O)=C(C)N2. The van der Waals surface area contributed by atoms with Gasteiger partial charge in [0.25, 0.3) is 0 Å². The van der Waals surface area contributed by atoms with Crippen LogP contribution in [-0.2, 0) is 11.4 Å². The van der Waals surface area contributed by atoms with Crippen molar-refractivity contribution in [1.82, 2.24) is 14.8 Å². The van der Waals surface area contributed by atoms with Crippen LogP contribution in [0.25, 0.3) is 0 Å². The third-order valence-corrected chi connectivity index (χ3v) is 6.98. The molecule has 9 heteroatoms. The van der Waals surface area contributed by atoms with Crippen molar-refractivity contribution in [3.63, 3.8) is 0 Å². The number of carbonyl (C=O) groups excluding carboxylic acids is 1. The van der Waals surface area contributed by atoms with E-state index in [-0.39, 0.29) is 0 Å². The van der Waals surface area contributed by atoms with Crippen molar-refractivity contribution < 1.29 is 14.3 Å². The first-order chi connectivity index (χ1) is 17.4. The summed E-state index contributed by atoms with van der Waals surface area (Å²) in [6.07, 6.45) is 2.18. The molecule has 3 N–H and O–H groups in total. The number of primary amides is 1. The summed E-state index contributed by atoms with van der Waals surface area (Å²) in [6.45, 7) is 8.87. The molecule has 0 saturated carbocycles. The number of ether oxygens (including phenoxy) is 2. The number of unbranched alkanes of at least 4 members (excludes halogenated alkanes) is 1. The minimum Gasteiger partial charge on any atom is -0.490 e. The number of allylic oxidation sites excluding steroid dienone is 1. The van der Waals surface area contributed by atoms with Crippen molar-refractivity contribution in [2.45, 2.75) is 58.3 Å². The molecule has 3 aromatic rings. The molecule has 0 radical (unpaired) electrons. The number of nitrogens with zero attached hydrogens (tertiary/aromatic N) is 3. The Morgan fingerprint density at radius 1 is 1.14 bits per heavy atom. The summed E-state index contributed by atoms with van der Waals surface area (Å²) in [7, 11) is 0. The van der Waals surface area contributed by atoms with Crippen LogP contribution < -0.4 is 20.5 Å². The lowest BCUT2D eigenvalue weighted by atomic mass is 9.95. The third-order valence-electron chi connectivity index (χ3n) is 6.06. The van der Waals surface area contributed by atoms with Crippen LogP contribution in [0.4, 0.5) is 5.95 Å². The quantitative estimate of drug-likeness (QED) is 0.270. The smallest absolute Gasteiger partial charge is 0.248 e. The number of amides is 1. The van der Waals surface area contributed by atoms with E-state index in [1.807, 2.05) is 50.2 Å². The Morgan fingerprint density at radius 3 is 2.67 bits per heavy atom. The summed E-state index contributed by atoms with van der Waals surface area (Å²) in [6, 6.07) is 13.3. The van der Waals surface area contributed by atoms with Crippen LogP contribution in [0.1, 0.15) is 56.3 Å². The van der Waals surface area contributed by atoms with Crippen molar-refractivity contribution in [1.29, 1.82) is 0 Å². The maximum atomic E-state index is 12.5. The maximum absolute atomic E-state index is 12.5. The zero-order chi connectivity index (χ0) is 25.7. The molecule has 2 heterocycles. The lowest BCUT2D eigenvalue weighted by Crippen LogP contribution is -2.31. The Morgan fingerprint density at radius 2 is 1.94 bits per heavy atom. The lowest BCUT2D eigenvalue weighted by Gasteiger charge is -2.28. The Hall–Kier alpha value is -3.46. The van der Waals surface area contributed by atoms with Crippen LogP contribution in [0.5, 0.6) is 11.5 Å². The molecule has 1 aliphatic rings. The summed E-state index contributed by atoms with van der Waals surface area (Å²) in [5.41, 5.74) is 10.0. The van der Waals surface area contributed by atoms with E-state index in [1.54, 1.807) is 16.4 Å². The number of benzene rings is 2. The summed E-state index contributed by atoms with van der Waals surface area (Å²) in [4.78, 5) is 17.2. The number of aryl methyl sites for hydroxylation is 1. The van der Waals surface area contributed by atoms with Crippen molar-refractivity contribution in [2.24, 2.45) is 5.73 Å². The van der Waals surface area contributed by atoms with Crippen LogP contribution in [0.2, 0.25) is 0 Å². The normalized spacial score (nSPS) is 14.8. The fraction of sp³-hybridized carbons (Fsp3) is 0.370. The Labute approximate surface area is 216 Å². The van der Waals surface area contributed by atoms with Gasteiger partial charge in [0, 0.05) is 11.4 Å². The van der Waals surface area contributed by atoms with E-state index in [4.69, 9.17) is 20.3 Å². The minimum atomic E-state index is -0.531. The van der Waals surface area contributed by atoms with E-state index >= 15 is 0 Å². The topological polar surface area (TPSA) is 104 Å². The second-order valence-electron chi connectivity index (χ2n) is 8.65. The third kappa shape index (κ3) is 5.51. The first kappa shape index (κ1) is 25.6. The Bertz CT molecular complexity index is 1270. The highest BCUT2D eigenvalue weighted by Crippen LogP contribution is 2.39. The number of hydrogen-bond donors (Lipinski definition) is 2. The number of nitrogens with two attached hydrogens (primary N) is 1. The van der Waals surface area contributed by atoms with Crippen LogP contribution in [0.3, 0.4) is 0 Å². The van der Waals surface area contributed by atoms with E-state index in [0.29, 0.717) is 47.1 Å². The molecular weight excluding hydrogens is 474 g/mol. The molecule has 0 saturated heterocycles. The molecule has 1 unspecified atom stereocenters. The molecule has 1 aromatic heterocycles.